The lowest BCUT2D eigenvalue weighted by molar-refractivity contribution is -0.350. The lowest BCUT2D eigenvalue weighted by Crippen LogP contribution is -2.76. The SMILES string of the molecule is COC(=O)[C@@]1(C)C=C[C@@H]2OO[C@]34C(=O)C=C5[C@@H]6[C@@H](C)[C@H](C)CC[C@]6(C)CC[C@@]5(C)[C@]3(C)CCC1[C@]24C. The van der Waals surface area contributed by atoms with Crippen LogP contribution in [0.15, 0.2) is 23.8 Å². The molecule has 0 aromatic carbocycles. The molecular formula is C31H44O5. The van der Waals surface area contributed by atoms with E-state index in [4.69, 9.17) is 14.5 Å². The summed E-state index contributed by atoms with van der Waals surface area (Å²) in [6.45, 7) is 16.1. The molecule has 6 aliphatic rings. The van der Waals surface area contributed by atoms with Gasteiger partial charge in [-0.3, -0.25) is 9.59 Å². The number of fused-ring (bicyclic) bond motifs is 4. The maximum Gasteiger partial charge on any atom is 0.315 e. The fourth-order valence-electron chi connectivity index (χ4n) is 10.8. The molecule has 3 saturated carbocycles. The first-order valence-corrected chi connectivity index (χ1v) is 14.2. The van der Waals surface area contributed by atoms with Gasteiger partial charge in [-0.25, -0.2) is 9.78 Å². The molecule has 1 saturated heterocycles. The summed E-state index contributed by atoms with van der Waals surface area (Å²) < 4.78 is 5.29. The number of carbonyl (C=O) groups excluding carboxylic acids is 2. The number of ether oxygens (including phenoxy) is 1. The highest BCUT2D eigenvalue weighted by atomic mass is 17.2. The summed E-state index contributed by atoms with van der Waals surface area (Å²) in [7, 11) is 1.45. The van der Waals surface area contributed by atoms with E-state index in [1.165, 1.54) is 31.9 Å². The van der Waals surface area contributed by atoms with Gasteiger partial charge in [0.25, 0.3) is 0 Å². The summed E-state index contributed by atoms with van der Waals surface area (Å²) in [6, 6.07) is 0. The van der Waals surface area contributed by atoms with Gasteiger partial charge in [-0.1, -0.05) is 59.3 Å². The van der Waals surface area contributed by atoms with E-state index in [0.29, 0.717) is 17.8 Å². The zero-order chi connectivity index (χ0) is 26.1. The third kappa shape index (κ3) is 2.38. The summed E-state index contributed by atoms with van der Waals surface area (Å²) in [5, 5.41) is 0. The molecule has 0 aromatic rings. The first-order chi connectivity index (χ1) is 16.8. The van der Waals surface area contributed by atoms with E-state index in [-0.39, 0.29) is 34.6 Å². The molecule has 0 N–H and O–H groups in total. The Morgan fingerprint density at radius 1 is 1.03 bits per heavy atom. The van der Waals surface area contributed by atoms with Crippen molar-refractivity contribution in [1.82, 2.24) is 0 Å². The molecule has 1 aliphatic heterocycles. The molecule has 0 amide bonds. The first kappa shape index (κ1) is 24.9. The van der Waals surface area contributed by atoms with Crippen molar-refractivity contribution < 1.29 is 24.1 Å². The van der Waals surface area contributed by atoms with Gasteiger partial charge in [-0.05, 0) is 86.0 Å². The number of carbonyl (C=O) groups is 2. The second-order valence-electron chi connectivity index (χ2n) is 14.4. The smallest absolute Gasteiger partial charge is 0.315 e. The molecule has 5 aliphatic carbocycles. The summed E-state index contributed by atoms with van der Waals surface area (Å²) in [6.07, 6.45) is 11.9. The van der Waals surface area contributed by atoms with E-state index < -0.39 is 21.8 Å². The molecule has 5 nitrogen and oxygen atoms in total. The minimum Gasteiger partial charge on any atom is -0.468 e. The maximum absolute atomic E-state index is 14.7. The Hall–Kier alpha value is -1.46. The largest absolute Gasteiger partial charge is 0.468 e. The number of hydrogen-bond acceptors (Lipinski definition) is 5. The first-order valence-electron chi connectivity index (χ1n) is 14.2. The number of hydrogen-bond donors (Lipinski definition) is 0. The minimum absolute atomic E-state index is 0.0457. The van der Waals surface area contributed by atoms with Gasteiger partial charge in [0.2, 0.25) is 0 Å². The molecule has 1 spiro atoms. The predicted octanol–water partition coefficient (Wildman–Crippen LogP) is 6.23. The van der Waals surface area contributed by atoms with Gasteiger partial charge in [0.1, 0.15) is 6.10 Å². The fourth-order valence-corrected chi connectivity index (χ4v) is 10.8. The van der Waals surface area contributed by atoms with Crippen molar-refractivity contribution in [3.63, 3.8) is 0 Å². The molecule has 5 heteroatoms. The summed E-state index contributed by atoms with van der Waals surface area (Å²) >= 11 is 0. The van der Waals surface area contributed by atoms with Crippen molar-refractivity contribution in [3.05, 3.63) is 23.8 Å². The molecule has 1 unspecified atom stereocenters. The van der Waals surface area contributed by atoms with Crippen molar-refractivity contribution in [1.29, 1.82) is 0 Å². The highest BCUT2D eigenvalue weighted by Crippen LogP contribution is 2.78. The van der Waals surface area contributed by atoms with Crippen molar-refractivity contribution in [2.45, 2.75) is 98.7 Å². The van der Waals surface area contributed by atoms with E-state index in [0.717, 1.165) is 19.3 Å². The van der Waals surface area contributed by atoms with Crippen LogP contribution in [0.25, 0.3) is 0 Å². The Bertz CT molecular complexity index is 1090. The van der Waals surface area contributed by atoms with Crippen LogP contribution in [-0.4, -0.2) is 30.6 Å². The summed E-state index contributed by atoms with van der Waals surface area (Å²) in [5.74, 6) is 1.28. The normalized spacial score (nSPS) is 57.2. The van der Waals surface area contributed by atoms with Crippen LogP contribution in [0, 0.1) is 50.7 Å². The van der Waals surface area contributed by atoms with Gasteiger partial charge in [-0.2, -0.15) is 0 Å². The Balaban J connectivity index is 1.56. The van der Waals surface area contributed by atoms with Gasteiger partial charge in [-0.15, -0.1) is 0 Å². The lowest BCUT2D eigenvalue weighted by Gasteiger charge is -2.71. The maximum atomic E-state index is 14.7. The van der Waals surface area contributed by atoms with E-state index in [1.54, 1.807) is 0 Å². The molecule has 198 valence electrons. The number of esters is 1. The Morgan fingerprint density at radius 3 is 2.44 bits per heavy atom. The molecule has 36 heavy (non-hydrogen) atoms. The summed E-state index contributed by atoms with van der Waals surface area (Å²) in [5.41, 5.74) is -1.64. The molecule has 4 fully saturated rings. The number of allylic oxidation sites excluding steroid dienone is 1. The minimum atomic E-state index is -1.14. The Kier molecular flexibility index (Phi) is 4.93. The number of methoxy groups -OCH3 is 1. The second kappa shape index (κ2) is 7.14. The highest BCUT2D eigenvalue weighted by molar-refractivity contribution is 6.02. The third-order valence-corrected chi connectivity index (χ3v) is 13.4. The molecular weight excluding hydrogens is 452 g/mol. The van der Waals surface area contributed by atoms with Gasteiger partial charge in [0, 0.05) is 10.8 Å². The molecule has 0 radical (unpaired) electrons. The Morgan fingerprint density at radius 2 is 1.75 bits per heavy atom. The van der Waals surface area contributed by atoms with Crippen molar-refractivity contribution in [2.24, 2.45) is 50.7 Å². The van der Waals surface area contributed by atoms with Crippen LogP contribution in [0.3, 0.4) is 0 Å². The standard InChI is InChI=1S/C31H44O5/c1-18-9-12-26(3)15-16-28(5)20(24(26)19(18)2)17-22(32)31-29(28,6)14-10-21-27(4,25(33)34-8)13-11-23(35-36-31)30(21,31)7/h11,13,17-19,21,23-24H,9-10,12,14-16H2,1-8H3/t18-,19+,21?,23+,24+,26-,27+,28-,29+,30-,31-/m1/s1. The number of ketones is 1. The van der Waals surface area contributed by atoms with Gasteiger partial charge >= 0.3 is 5.97 Å². The zero-order valence-corrected chi connectivity index (χ0v) is 23.4. The molecule has 1 heterocycles. The van der Waals surface area contributed by atoms with Crippen LogP contribution >= 0.6 is 0 Å². The lowest BCUT2D eigenvalue weighted by atomic mass is 9.32. The van der Waals surface area contributed by atoms with Crippen LogP contribution in [-0.2, 0) is 24.1 Å². The van der Waals surface area contributed by atoms with Crippen molar-refractivity contribution in [2.75, 3.05) is 7.11 Å². The number of rotatable bonds is 1. The molecule has 6 rings (SSSR count). The predicted molar refractivity (Wildman–Crippen MR) is 136 cm³/mol. The van der Waals surface area contributed by atoms with Crippen LogP contribution in [0.5, 0.6) is 0 Å². The third-order valence-electron chi connectivity index (χ3n) is 13.4. The van der Waals surface area contributed by atoms with Crippen LogP contribution in [0.2, 0.25) is 0 Å². The van der Waals surface area contributed by atoms with Gasteiger partial charge < -0.3 is 4.74 Å². The second-order valence-corrected chi connectivity index (χ2v) is 14.4. The van der Waals surface area contributed by atoms with Gasteiger partial charge in [0.15, 0.2) is 11.4 Å². The molecule has 0 bridgehead atoms. The quantitative estimate of drug-likeness (QED) is 0.245. The van der Waals surface area contributed by atoms with Crippen LogP contribution < -0.4 is 0 Å². The van der Waals surface area contributed by atoms with E-state index in [1.807, 2.05) is 25.2 Å². The average Bonchev–Trinajstić information content (AvgIpc) is 3.15. The van der Waals surface area contributed by atoms with Crippen molar-refractivity contribution >= 4 is 11.8 Å². The monoisotopic (exact) mass is 496 g/mol. The molecule has 11 atom stereocenters. The van der Waals surface area contributed by atoms with Crippen LogP contribution in [0.1, 0.15) is 87.0 Å². The zero-order valence-electron chi connectivity index (χ0n) is 23.4. The van der Waals surface area contributed by atoms with E-state index in [9.17, 15) is 9.59 Å². The molecule has 0 aromatic heterocycles. The van der Waals surface area contributed by atoms with E-state index >= 15 is 0 Å². The summed E-state index contributed by atoms with van der Waals surface area (Å²) in [4.78, 5) is 40.3. The average molecular weight is 497 g/mol. The van der Waals surface area contributed by atoms with E-state index in [2.05, 4.69) is 41.5 Å². The van der Waals surface area contributed by atoms with Crippen LogP contribution in [0.4, 0.5) is 0 Å². The van der Waals surface area contributed by atoms with Crippen molar-refractivity contribution in [3.8, 4) is 0 Å². The fraction of sp³-hybridized carbons (Fsp3) is 0.806. The highest BCUT2D eigenvalue weighted by Gasteiger charge is 2.83. The Labute approximate surface area is 216 Å². The topological polar surface area (TPSA) is 61.8 Å². The van der Waals surface area contributed by atoms with Gasteiger partial charge in [0.05, 0.1) is 12.5 Å².